The Morgan fingerprint density at radius 3 is 2.78 bits per heavy atom. The molecular formula is C12H17FN2O3. The van der Waals surface area contributed by atoms with Crippen molar-refractivity contribution in [1.82, 2.24) is 0 Å². The summed E-state index contributed by atoms with van der Waals surface area (Å²) in [6.07, 6.45) is 0. The van der Waals surface area contributed by atoms with Crippen LogP contribution in [0.2, 0.25) is 0 Å². The molecule has 18 heavy (non-hydrogen) atoms. The summed E-state index contributed by atoms with van der Waals surface area (Å²) in [6, 6.07) is 4.05. The number of rotatable bonds is 7. The second-order valence-corrected chi connectivity index (χ2v) is 3.54. The molecule has 0 unspecified atom stereocenters. The lowest BCUT2D eigenvalue weighted by Crippen LogP contribution is -2.16. The molecule has 0 spiro atoms. The summed E-state index contributed by atoms with van der Waals surface area (Å²) < 4.78 is 23.6. The van der Waals surface area contributed by atoms with Gasteiger partial charge in [0.2, 0.25) is 0 Å². The van der Waals surface area contributed by atoms with Crippen molar-refractivity contribution in [2.75, 3.05) is 19.8 Å². The summed E-state index contributed by atoms with van der Waals surface area (Å²) in [5, 5.41) is 11.5. The number of amidine groups is 1. The van der Waals surface area contributed by atoms with Crippen LogP contribution >= 0.6 is 0 Å². The van der Waals surface area contributed by atoms with Gasteiger partial charge in [0, 0.05) is 12.2 Å². The highest BCUT2D eigenvalue weighted by atomic mass is 19.1. The second kappa shape index (κ2) is 7.62. The SMILES string of the molecule is CCOCCOCc1ccc(F)cc1C(N)=NO. The van der Waals surface area contributed by atoms with Gasteiger partial charge in [-0.3, -0.25) is 0 Å². The summed E-state index contributed by atoms with van der Waals surface area (Å²) in [5.74, 6) is -0.590. The van der Waals surface area contributed by atoms with Crippen LogP contribution in [0.1, 0.15) is 18.1 Å². The molecule has 0 saturated heterocycles. The van der Waals surface area contributed by atoms with E-state index >= 15 is 0 Å². The molecule has 0 aliphatic carbocycles. The number of hydrogen-bond acceptors (Lipinski definition) is 4. The van der Waals surface area contributed by atoms with Gasteiger partial charge in [0.1, 0.15) is 5.82 Å². The maximum Gasteiger partial charge on any atom is 0.170 e. The predicted octanol–water partition coefficient (Wildman–Crippen LogP) is 1.47. The van der Waals surface area contributed by atoms with Crippen LogP contribution in [-0.4, -0.2) is 30.9 Å². The average Bonchev–Trinajstić information content (AvgIpc) is 2.39. The van der Waals surface area contributed by atoms with Crippen LogP contribution in [0, 0.1) is 5.82 Å². The molecule has 100 valence electrons. The van der Waals surface area contributed by atoms with Crippen LogP contribution in [-0.2, 0) is 16.1 Å². The van der Waals surface area contributed by atoms with Crippen LogP contribution < -0.4 is 5.73 Å². The van der Waals surface area contributed by atoms with Gasteiger partial charge in [0.15, 0.2) is 5.84 Å². The van der Waals surface area contributed by atoms with Crippen LogP contribution in [0.15, 0.2) is 23.4 Å². The zero-order valence-corrected chi connectivity index (χ0v) is 10.2. The van der Waals surface area contributed by atoms with Gasteiger partial charge in [-0.1, -0.05) is 11.2 Å². The molecule has 0 aromatic heterocycles. The van der Waals surface area contributed by atoms with Crippen molar-refractivity contribution < 1.29 is 19.1 Å². The smallest absolute Gasteiger partial charge is 0.170 e. The van der Waals surface area contributed by atoms with Gasteiger partial charge in [-0.15, -0.1) is 0 Å². The third-order valence-electron chi connectivity index (χ3n) is 2.29. The highest BCUT2D eigenvalue weighted by Gasteiger charge is 2.08. The molecule has 3 N–H and O–H groups in total. The molecule has 1 rings (SSSR count). The zero-order chi connectivity index (χ0) is 13.4. The van der Waals surface area contributed by atoms with Crippen molar-refractivity contribution in [2.45, 2.75) is 13.5 Å². The van der Waals surface area contributed by atoms with Gasteiger partial charge in [-0.2, -0.15) is 0 Å². The molecule has 0 radical (unpaired) electrons. The number of ether oxygens (including phenoxy) is 2. The van der Waals surface area contributed by atoms with E-state index in [1.165, 1.54) is 12.1 Å². The molecule has 0 saturated carbocycles. The normalized spacial score (nSPS) is 11.8. The standard InChI is InChI=1S/C12H17FN2O3/c1-2-17-5-6-18-8-9-3-4-10(13)7-11(9)12(14)15-16/h3-4,7,16H,2,5-6,8H2,1H3,(H2,14,15). The molecule has 0 atom stereocenters. The van der Waals surface area contributed by atoms with Crippen LogP contribution in [0.25, 0.3) is 0 Å². The largest absolute Gasteiger partial charge is 0.409 e. The summed E-state index contributed by atoms with van der Waals surface area (Å²) in [4.78, 5) is 0. The molecule has 0 bridgehead atoms. The minimum absolute atomic E-state index is 0.141. The predicted molar refractivity (Wildman–Crippen MR) is 65.1 cm³/mol. The monoisotopic (exact) mass is 256 g/mol. The van der Waals surface area contributed by atoms with E-state index in [2.05, 4.69) is 5.16 Å². The second-order valence-electron chi connectivity index (χ2n) is 3.54. The summed E-state index contributed by atoms with van der Waals surface area (Å²) in [7, 11) is 0. The van der Waals surface area contributed by atoms with E-state index in [1.54, 1.807) is 6.07 Å². The molecule has 0 aliphatic heterocycles. The zero-order valence-electron chi connectivity index (χ0n) is 10.2. The maximum absolute atomic E-state index is 13.1. The molecule has 0 fully saturated rings. The first-order valence-corrected chi connectivity index (χ1v) is 5.60. The Kier molecular flexibility index (Phi) is 6.10. The van der Waals surface area contributed by atoms with Crippen LogP contribution in [0.5, 0.6) is 0 Å². The molecule has 1 aromatic carbocycles. The lowest BCUT2D eigenvalue weighted by atomic mass is 10.1. The molecule has 6 heteroatoms. The van der Waals surface area contributed by atoms with Gasteiger partial charge in [-0.05, 0) is 24.6 Å². The van der Waals surface area contributed by atoms with Crippen molar-refractivity contribution in [3.63, 3.8) is 0 Å². The Balaban J connectivity index is 2.64. The topological polar surface area (TPSA) is 77.1 Å². The Labute approximate surface area is 105 Å². The average molecular weight is 256 g/mol. The molecule has 0 amide bonds. The first-order valence-electron chi connectivity index (χ1n) is 5.60. The minimum atomic E-state index is -0.449. The Morgan fingerprint density at radius 1 is 1.39 bits per heavy atom. The molecule has 5 nitrogen and oxygen atoms in total. The number of hydrogen-bond donors (Lipinski definition) is 2. The highest BCUT2D eigenvalue weighted by Crippen LogP contribution is 2.12. The number of halogens is 1. The molecule has 0 aliphatic rings. The summed E-state index contributed by atoms with van der Waals surface area (Å²) in [6.45, 7) is 3.71. The van der Waals surface area contributed by atoms with Crippen molar-refractivity contribution in [3.8, 4) is 0 Å². The lowest BCUT2D eigenvalue weighted by molar-refractivity contribution is 0.0452. The molecular weight excluding hydrogens is 239 g/mol. The van der Waals surface area contributed by atoms with Crippen molar-refractivity contribution in [1.29, 1.82) is 0 Å². The fourth-order valence-corrected chi connectivity index (χ4v) is 1.41. The highest BCUT2D eigenvalue weighted by molar-refractivity contribution is 5.98. The fraction of sp³-hybridized carbons (Fsp3) is 0.417. The number of oxime groups is 1. The summed E-state index contributed by atoms with van der Waals surface area (Å²) >= 11 is 0. The maximum atomic E-state index is 13.1. The van der Waals surface area contributed by atoms with Gasteiger partial charge in [0.05, 0.1) is 19.8 Å². The number of benzene rings is 1. The molecule has 0 heterocycles. The van der Waals surface area contributed by atoms with E-state index in [0.29, 0.717) is 30.9 Å². The van der Waals surface area contributed by atoms with Crippen molar-refractivity contribution in [3.05, 3.63) is 35.1 Å². The van der Waals surface area contributed by atoms with Crippen LogP contribution in [0.4, 0.5) is 4.39 Å². The van der Waals surface area contributed by atoms with E-state index in [0.717, 1.165) is 0 Å². The number of nitrogens with zero attached hydrogens (tertiary/aromatic N) is 1. The quantitative estimate of drug-likeness (QED) is 0.255. The minimum Gasteiger partial charge on any atom is -0.409 e. The Morgan fingerprint density at radius 2 is 2.11 bits per heavy atom. The van der Waals surface area contributed by atoms with Gasteiger partial charge < -0.3 is 20.4 Å². The Hall–Kier alpha value is -1.66. The van der Waals surface area contributed by atoms with E-state index in [9.17, 15) is 4.39 Å². The van der Waals surface area contributed by atoms with Gasteiger partial charge >= 0.3 is 0 Å². The van der Waals surface area contributed by atoms with E-state index in [4.69, 9.17) is 20.4 Å². The van der Waals surface area contributed by atoms with Crippen LogP contribution in [0.3, 0.4) is 0 Å². The fourth-order valence-electron chi connectivity index (χ4n) is 1.41. The Bertz CT molecular complexity index is 410. The van der Waals surface area contributed by atoms with E-state index in [1.807, 2.05) is 6.92 Å². The van der Waals surface area contributed by atoms with Gasteiger partial charge in [0.25, 0.3) is 0 Å². The first kappa shape index (κ1) is 14.4. The third-order valence-corrected chi connectivity index (χ3v) is 2.29. The first-order chi connectivity index (χ1) is 8.69. The summed E-state index contributed by atoms with van der Waals surface area (Å²) in [5.41, 5.74) is 6.45. The van der Waals surface area contributed by atoms with Crippen molar-refractivity contribution in [2.24, 2.45) is 10.9 Å². The lowest BCUT2D eigenvalue weighted by Gasteiger charge is -2.09. The van der Waals surface area contributed by atoms with E-state index < -0.39 is 5.82 Å². The van der Waals surface area contributed by atoms with Gasteiger partial charge in [-0.25, -0.2) is 4.39 Å². The third kappa shape index (κ3) is 4.31. The molecule has 1 aromatic rings. The van der Waals surface area contributed by atoms with E-state index in [-0.39, 0.29) is 12.4 Å². The number of nitrogens with two attached hydrogens (primary N) is 1. The van der Waals surface area contributed by atoms with Crippen molar-refractivity contribution >= 4 is 5.84 Å².